The average Bonchev–Trinajstić information content (AvgIpc) is 2.83. The summed E-state index contributed by atoms with van der Waals surface area (Å²) in [5, 5.41) is 13.3. The smallest absolute Gasteiger partial charge is 0.156 e. The number of carbonyl (C=O) groups is 1. The summed E-state index contributed by atoms with van der Waals surface area (Å²) >= 11 is 0. The summed E-state index contributed by atoms with van der Waals surface area (Å²) in [5.41, 5.74) is 7.19. The molecule has 7 nitrogen and oxygen atoms in total. The van der Waals surface area contributed by atoms with Crippen molar-refractivity contribution in [3.05, 3.63) is 23.8 Å². The summed E-state index contributed by atoms with van der Waals surface area (Å²) in [6.45, 7) is 0.0918. The van der Waals surface area contributed by atoms with E-state index in [1.165, 1.54) is 11.8 Å². The van der Waals surface area contributed by atoms with Gasteiger partial charge in [-0.25, -0.2) is 4.68 Å². The molecule has 0 radical (unpaired) electrons. The first kappa shape index (κ1) is 14.9. The molecule has 7 heteroatoms. The number of nitrogens with two attached hydrogens (primary N) is 1. The van der Waals surface area contributed by atoms with Crippen LogP contribution in [0.2, 0.25) is 0 Å². The molecule has 0 aliphatic rings. The second-order valence-electron chi connectivity index (χ2n) is 4.28. The van der Waals surface area contributed by atoms with Crippen LogP contribution < -0.4 is 15.2 Å². The van der Waals surface area contributed by atoms with E-state index < -0.39 is 0 Å². The highest BCUT2D eigenvalue weighted by molar-refractivity contribution is 5.92. The van der Waals surface area contributed by atoms with Crippen LogP contribution >= 0.6 is 0 Å². The molecule has 3 N–H and O–H groups in total. The van der Waals surface area contributed by atoms with Gasteiger partial charge in [-0.2, -0.15) is 5.10 Å². The van der Waals surface area contributed by atoms with Crippen LogP contribution in [0.15, 0.2) is 18.2 Å². The van der Waals surface area contributed by atoms with Crippen LogP contribution in [0.25, 0.3) is 11.3 Å². The number of nitrogens with zero attached hydrogens (tertiary/aromatic N) is 2. The number of anilines is 1. The number of aliphatic hydroxyl groups excluding tert-OH is 1. The Balaban J connectivity index is 2.60. The molecule has 1 aromatic carbocycles. The average molecular weight is 291 g/mol. The summed E-state index contributed by atoms with van der Waals surface area (Å²) in [6, 6.07) is 5.19. The van der Waals surface area contributed by atoms with Gasteiger partial charge >= 0.3 is 0 Å². The van der Waals surface area contributed by atoms with E-state index in [0.717, 1.165) is 0 Å². The Morgan fingerprint density at radius 2 is 2.14 bits per heavy atom. The summed E-state index contributed by atoms with van der Waals surface area (Å²) in [5.74, 6) is 1.36. The van der Waals surface area contributed by atoms with Crippen LogP contribution in [-0.2, 0) is 6.54 Å². The number of hydrogen-bond acceptors (Lipinski definition) is 6. The molecule has 0 fully saturated rings. The summed E-state index contributed by atoms with van der Waals surface area (Å²) < 4.78 is 11.8. The van der Waals surface area contributed by atoms with Gasteiger partial charge in [0.05, 0.1) is 32.9 Å². The third-order valence-electron chi connectivity index (χ3n) is 3.12. The number of nitrogen functional groups attached to an aromatic ring is 1. The topological polar surface area (TPSA) is 99.6 Å². The Bertz CT molecular complexity index is 652. The lowest BCUT2D eigenvalue weighted by molar-refractivity contribution is 0.112. The van der Waals surface area contributed by atoms with Crippen LogP contribution in [0.4, 0.5) is 5.82 Å². The number of methoxy groups -OCH3 is 2. The van der Waals surface area contributed by atoms with E-state index >= 15 is 0 Å². The van der Waals surface area contributed by atoms with Crippen LogP contribution in [-0.4, -0.2) is 42.0 Å². The number of rotatable bonds is 6. The molecule has 0 bridgehead atoms. The first-order chi connectivity index (χ1) is 10.2. The van der Waals surface area contributed by atoms with Crippen molar-refractivity contribution in [2.45, 2.75) is 6.54 Å². The number of aldehydes is 1. The van der Waals surface area contributed by atoms with Crippen LogP contribution in [0.5, 0.6) is 11.5 Å². The van der Waals surface area contributed by atoms with Gasteiger partial charge in [-0.05, 0) is 12.1 Å². The number of hydrogen-bond donors (Lipinski definition) is 2. The van der Waals surface area contributed by atoms with Gasteiger partial charge in [0.1, 0.15) is 23.0 Å². The van der Waals surface area contributed by atoms with E-state index in [1.807, 2.05) is 0 Å². The molecule has 0 aliphatic heterocycles. The van der Waals surface area contributed by atoms with Crippen molar-refractivity contribution >= 4 is 12.1 Å². The predicted molar refractivity (Wildman–Crippen MR) is 77.7 cm³/mol. The molecule has 2 aromatic rings. The first-order valence-electron chi connectivity index (χ1n) is 6.31. The van der Waals surface area contributed by atoms with Crippen LogP contribution in [0.1, 0.15) is 10.4 Å². The summed E-state index contributed by atoms with van der Waals surface area (Å²) in [7, 11) is 3.08. The maximum atomic E-state index is 11.3. The molecular weight excluding hydrogens is 274 g/mol. The molecule has 0 aliphatic carbocycles. The van der Waals surface area contributed by atoms with Crippen molar-refractivity contribution in [2.24, 2.45) is 0 Å². The second-order valence-corrected chi connectivity index (χ2v) is 4.28. The highest BCUT2D eigenvalue weighted by Gasteiger charge is 2.19. The molecule has 2 rings (SSSR count). The molecule has 0 unspecified atom stereocenters. The monoisotopic (exact) mass is 291 g/mol. The maximum Gasteiger partial charge on any atom is 0.156 e. The van der Waals surface area contributed by atoms with Gasteiger partial charge in [0.25, 0.3) is 0 Å². The number of aliphatic hydroxyl groups is 1. The lowest BCUT2D eigenvalue weighted by atomic mass is 10.1. The minimum Gasteiger partial charge on any atom is -0.497 e. The van der Waals surface area contributed by atoms with E-state index in [4.69, 9.17) is 20.3 Å². The SMILES string of the molecule is COc1ccc(-c2nn(CCO)c(N)c2C=O)c(OC)c1. The van der Waals surface area contributed by atoms with Gasteiger partial charge < -0.3 is 20.3 Å². The van der Waals surface area contributed by atoms with Gasteiger partial charge in [-0.15, -0.1) is 0 Å². The molecule has 0 saturated carbocycles. The normalized spacial score (nSPS) is 10.4. The third-order valence-corrected chi connectivity index (χ3v) is 3.12. The van der Waals surface area contributed by atoms with Crippen molar-refractivity contribution in [3.8, 4) is 22.8 Å². The highest BCUT2D eigenvalue weighted by Crippen LogP contribution is 2.35. The van der Waals surface area contributed by atoms with Gasteiger partial charge in [0.2, 0.25) is 0 Å². The Morgan fingerprint density at radius 1 is 1.38 bits per heavy atom. The molecule has 0 atom stereocenters. The Hall–Kier alpha value is -2.54. The molecular formula is C14H17N3O4. The van der Waals surface area contributed by atoms with E-state index in [2.05, 4.69) is 5.10 Å². The number of benzene rings is 1. The maximum absolute atomic E-state index is 11.3. The van der Waals surface area contributed by atoms with Crippen molar-refractivity contribution in [1.82, 2.24) is 9.78 Å². The van der Waals surface area contributed by atoms with Crippen LogP contribution in [0.3, 0.4) is 0 Å². The molecule has 1 heterocycles. The summed E-state index contributed by atoms with van der Waals surface area (Å²) in [4.78, 5) is 11.3. The van der Waals surface area contributed by atoms with Crippen molar-refractivity contribution in [2.75, 3.05) is 26.6 Å². The Morgan fingerprint density at radius 3 is 2.71 bits per heavy atom. The van der Waals surface area contributed by atoms with Crippen LogP contribution in [0, 0.1) is 0 Å². The second kappa shape index (κ2) is 6.27. The minimum absolute atomic E-state index is 0.122. The lowest BCUT2D eigenvalue weighted by Crippen LogP contribution is -2.08. The minimum atomic E-state index is -0.122. The molecule has 1 aromatic heterocycles. The van der Waals surface area contributed by atoms with E-state index in [-0.39, 0.29) is 24.5 Å². The van der Waals surface area contributed by atoms with E-state index in [1.54, 1.807) is 25.3 Å². The molecule has 112 valence electrons. The Kier molecular flexibility index (Phi) is 4.44. The fourth-order valence-electron chi connectivity index (χ4n) is 2.06. The van der Waals surface area contributed by atoms with E-state index in [9.17, 15) is 4.79 Å². The van der Waals surface area contributed by atoms with Gasteiger partial charge in [0.15, 0.2) is 6.29 Å². The van der Waals surface area contributed by atoms with Crippen molar-refractivity contribution in [3.63, 3.8) is 0 Å². The zero-order valence-electron chi connectivity index (χ0n) is 11.9. The van der Waals surface area contributed by atoms with Crippen molar-refractivity contribution in [1.29, 1.82) is 0 Å². The number of aromatic nitrogens is 2. The highest BCUT2D eigenvalue weighted by atomic mass is 16.5. The summed E-state index contributed by atoms with van der Waals surface area (Å²) in [6.07, 6.45) is 0.648. The van der Waals surface area contributed by atoms with Gasteiger partial charge in [-0.1, -0.05) is 0 Å². The standard InChI is InChI=1S/C14H17N3O4/c1-20-9-3-4-10(12(7-9)21-2)13-11(8-19)14(15)17(16-13)5-6-18/h3-4,7-8,18H,5-6,15H2,1-2H3. The lowest BCUT2D eigenvalue weighted by Gasteiger charge is -2.09. The quantitative estimate of drug-likeness (QED) is 0.769. The molecule has 0 spiro atoms. The largest absolute Gasteiger partial charge is 0.497 e. The Labute approximate surface area is 121 Å². The molecule has 0 saturated heterocycles. The first-order valence-corrected chi connectivity index (χ1v) is 6.31. The van der Waals surface area contributed by atoms with Crippen molar-refractivity contribution < 1.29 is 19.4 Å². The molecule has 0 amide bonds. The van der Waals surface area contributed by atoms with Gasteiger partial charge in [-0.3, -0.25) is 4.79 Å². The third kappa shape index (κ3) is 2.68. The fourth-order valence-corrected chi connectivity index (χ4v) is 2.06. The van der Waals surface area contributed by atoms with Gasteiger partial charge in [0, 0.05) is 11.6 Å². The number of ether oxygens (including phenoxy) is 2. The fraction of sp³-hybridized carbons (Fsp3) is 0.286. The number of carbonyl (C=O) groups excluding carboxylic acids is 1. The zero-order chi connectivity index (χ0) is 15.4. The van der Waals surface area contributed by atoms with E-state index in [0.29, 0.717) is 29.0 Å². The molecule has 21 heavy (non-hydrogen) atoms. The predicted octanol–water partition coefficient (Wildman–Crippen LogP) is 0.954. The zero-order valence-corrected chi connectivity index (χ0v) is 11.9.